The van der Waals surface area contributed by atoms with Crippen LogP contribution in [-0.2, 0) is 9.59 Å². The van der Waals surface area contributed by atoms with E-state index < -0.39 is 23.6 Å². The predicted molar refractivity (Wildman–Crippen MR) is 71.1 cm³/mol. The van der Waals surface area contributed by atoms with Gasteiger partial charge in [-0.3, -0.25) is 4.79 Å². The molecule has 7 nitrogen and oxygen atoms in total. The molecule has 0 fully saturated rings. The van der Waals surface area contributed by atoms with E-state index in [1.807, 2.05) is 0 Å². The molecule has 0 atom stereocenters. The minimum Gasteiger partial charge on any atom is -0.545 e. The normalized spacial score (nSPS) is 8.04. The first kappa shape index (κ1) is 26.8. The van der Waals surface area contributed by atoms with E-state index in [0.29, 0.717) is 5.57 Å². The summed E-state index contributed by atoms with van der Waals surface area (Å²) in [5.74, 6) is -3.57. The summed E-state index contributed by atoms with van der Waals surface area (Å²) in [6, 6.07) is 3.64. The van der Waals surface area contributed by atoms with Crippen LogP contribution in [-0.4, -0.2) is 23.0 Å². The van der Waals surface area contributed by atoms with Gasteiger partial charge in [-0.05, 0) is 25.1 Å². The van der Waals surface area contributed by atoms with Gasteiger partial charge in [0, 0.05) is 22.9 Å². The van der Waals surface area contributed by atoms with E-state index >= 15 is 0 Å². The fourth-order valence-electron chi connectivity index (χ4n) is 1.02. The van der Waals surface area contributed by atoms with Crippen molar-refractivity contribution in [3.63, 3.8) is 0 Å². The van der Waals surface area contributed by atoms with Gasteiger partial charge in [0.1, 0.15) is 5.75 Å². The Kier molecular flexibility index (Phi) is 15.6. The molecule has 1 rings (SSSR count). The van der Waals surface area contributed by atoms with Crippen LogP contribution in [0.1, 0.15) is 17.3 Å². The molecular weight excluding hydrogens is 324 g/mol. The molecule has 0 aromatic heterocycles. The van der Waals surface area contributed by atoms with Crippen molar-refractivity contribution in [2.24, 2.45) is 0 Å². The molecule has 0 aliphatic heterocycles. The Hall–Kier alpha value is -1.09. The zero-order valence-electron chi connectivity index (χ0n) is 13.2. The summed E-state index contributed by atoms with van der Waals surface area (Å²) in [5.41, 5.74) is 0.271. The quantitative estimate of drug-likeness (QED) is 0.415. The second kappa shape index (κ2) is 13.4. The van der Waals surface area contributed by atoms with E-state index in [4.69, 9.17) is 9.90 Å². The Balaban J connectivity index is -0.000000502. The third-order valence-corrected chi connectivity index (χ3v) is 2.03. The summed E-state index contributed by atoms with van der Waals surface area (Å²) >= 11 is 0. The van der Waals surface area contributed by atoms with Crippen LogP contribution < -0.4 is 74.6 Å². The van der Waals surface area contributed by atoms with Gasteiger partial charge in [0.25, 0.3) is 5.91 Å². The number of anilines is 1. The van der Waals surface area contributed by atoms with Crippen molar-refractivity contribution in [2.45, 2.75) is 6.92 Å². The summed E-state index contributed by atoms with van der Waals surface area (Å²) in [6.07, 6.45) is 0.722. The number of carboxylic acid groups (broad SMARTS) is 2. The first-order valence-electron chi connectivity index (χ1n) is 5.53. The van der Waals surface area contributed by atoms with Gasteiger partial charge in [-0.15, -0.1) is 0 Å². The number of carboxylic acids is 2. The van der Waals surface area contributed by atoms with Gasteiger partial charge in [-0.25, -0.2) is 0 Å². The van der Waals surface area contributed by atoms with Crippen LogP contribution in [0.3, 0.4) is 0 Å². The number of nitrogens with one attached hydrogen (secondary N) is 1. The number of carbonyl (C=O) groups excluding carboxylic acids is 3. The molecule has 0 radical (unpaired) electrons. The number of aromatic carboxylic acids is 1. The number of rotatable bonds is 4. The zero-order valence-corrected chi connectivity index (χ0v) is 17.2. The molecule has 0 unspecified atom stereocenters. The number of amides is 1. The fraction of sp³-hybridized carbons (Fsp3) is 0.0714. The molecule has 9 heteroatoms. The fourth-order valence-corrected chi connectivity index (χ4v) is 1.02. The van der Waals surface area contributed by atoms with Gasteiger partial charge in [0.05, 0.1) is 11.9 Å². The molecule has 0 saturated carbocycles. The molecular formula is C14H13NNa2O6. The van der Waals surface area contributed by atoms with Crippen LogP contribution in [0, 0.1) is 0 Å². The maximum atomic E-state index is 11.2. The molecule has 0 spiro atoms. The van der Waals surface area contributed by atoms with Crippen LogP contribution in [0.5, 0.6) is 5.75 Å². The average molecular weight is 337 g/mol. The monoisotopic (exact) mass is 337 g/mol. The van der Waals surface area contributed by atoms with E-state index in [1.165, 1.54) is 13.0 Å². The van der Waals surface area contributed by atoms with E-state index in [0.717, 1.165) is 18.2 Å². The summed E-state index contributed by atoms with van der Waals surface area (Å²) in [6.45, 7) is 7.87. The van der Waals surface area contributed by atoms with E-state index in [9.17, 15) is 19.8 Å². The third kappa shape index (κ3) is 11.1. The van der Waals surface area contributed by atoms with E-state index in [2.05, 4.69) is 18.5 Å². The van der Waals surface area contributed by atoms with E-state index in [1.54, 1.807) is 0 Å². The Morgan fingerprint density at radius 3 is 2.00 bits per heavy atom. The van der Waals surface area contributed by atoms with Crippen molar-refractivity contribution in [3.05, 3.63) is 48.6 Å². The smallest absolute Gasteiger partial charge is 0.545 e. The first-order chi connectivity index (χ1) is 9.68. The molecule has 0 aliphatic carbocycles. The minimum atomic E-state index is -1.48. The standard InChI is InChI=1S/C11H11NO4.C3H4O2.2Na/c1-6(2)10(14)12-7-3-4-8(11(15)16)9(13)5-7;1-2-3(4)5;;/h3-5,13H,1H2,2H3,(H,12,14)(H,15,16);2H,1H2,(H,4,5);;/q;;2*+1/p-2. The van der Waals surface area contributed by atoms with Crippen LogP contribution in [0.2, 0.25) is 0 Å². The Bertz CT molecular complexity index is 601. The van der Waals surface area contributed by atoms with Gasteiger partial charge in [0.2, 0.25) is 0 Å². The van der Waals surface area contributed by atoms with Gasteiger partial charge < -0.3 is 30.2 Å². The number of carbonyl (C=O) groups is 3. The van der Waals surface area contributed by atoms with Crippen molar-refractivity contribution in [3.8, 4) is 5.75 Å². The van der Waals surface area contributed by atoms with Crippen molar-refractivity contribution in [1.29, 1.82) is 0 Å². The first-order valence-corrected chi connectivity index (χ1v) is 5.53. The number of aliphatic carboxylic acids is 1. The second-order valence-corrected chi connectivity index (χ2v) is 3.78. The van der Waals surface area contributed by atoms with E-state index in [-0.39, 0.29) is 70.4 Å². The Labute approximate surface area is 177 Å². The molecule has 112 valence electrons. The molecule has 1 aromatic rings. The number of hydrogen-bond acceptors (Lipinski definition) is 6. The predicted octanol–water partition coefficient (Wildman–Crippen LogP) is -6.80. The van der Waals surface area contributed by atoms with Crippen molar-refractivity contribution < 1.29 is 88.8 Å². The van der Waals surface area contributed by atoms with Gasteiger partial charge >= 0.3 is 59.1 Å². The average Bonchev–Trinajstić information content (AvgIpc) is 2.38. The van der Waals surface area contributed by atoms with Gasteiger partial charge in [0.15, 0.2) is 0 Å². The molecule has 23 heavy (non-hydrogen) atoms. The SMILES string of the molecule is C=C(C)C(=O)Nc1ccc(C(=O)[O-])c(O)c1.C=CC(=O)[O-].[Na+].[Na+]. The maximum Gasteiger partial charge on any atom is 1.00 e. The molecule has 2 N–H and O–H groups in total. The summed E-state index contributed by atoms with van der Waals surface area (Å²) in [7, 11) is 0. The third-order valence-electron chi connectivity index (χ3n) is 2.03. The number of phenols is 1. The van der Waals surface area contributed by atoms with Crippen LogP contribution >= 0.6 is 0 Å². The Morgan fingerprint density at radius 2 is 1.70 bits per heavy atom. The number of aromatic hydroxyl groups is 1. The number of hydrogen-bond donors (Lipinski definition) is 2. The molecule has 1 amide bonds. The topological polar surface area (TPSA) is 130 Å². The largest absolute Gasteiger partial charge is 1.00 e. The zero-order chi connectivity index (χ0) is 16.6. The van der Waals surface area contributed by atoms with Gasteiger partial charge in [-0.2, -0.15) is 0 Å². The molecule has 0 bridgehead atoms. The minimum absolute atomic E-state index is 0. The van der Waals surface area contributed by atoms with Crippen LogP contribution in [0.4, 0.5) is 5.69 Å². The summed E-state index contributed by atoms with van der Waals surface area (Å²) in [5, 5.41) is 31.4. The molecule has 0 aliphatic rings. The number of benzene rings is 1. The van der Waals surface area contributed by atoms with Crippen molar-refractivity contribution >= 4 is 23.5 Å². The van der Waals surface area contributed by atoms with Crippen LogP contribution in [0.15, 0.2) is 43.0 Å². The Morgan fingerprint density at radius 1 is 1.22 bits per heavy atom. The second-order valence-electron chi connectivity index (χ2n) is 3.78. The molecule has 0 heterocycles. The maximum absolute atomic E-state index is 11.2. The van der Waals surface area contributed by atoms with Crippen molar-refractivity contribution in [1.82, 2.24) is 0 Å². The molecule has 0 saturated heterocycles. The molecule has 1 aromatic carbocycles. The van der Waals surface area contributed by atoms with Gasteiger partial charge in [-0.1, -0.05) is 13.2 Å². The summed E-state index contributed by atoms with van der Waals surface area (Å²) < 4.78 is 0. The summed E-state index contributed by atoms with van der Waals surface area (Å²) in [4.78, 5) is 30.9. The van der Waals surface area contributed by atoms with Crippen LogP contribution in [0.25, 0.3) is 0 Å². The van der Waals surface area contributed by atoms with Crippen molar-refractivity contribution in [2.75, 3.05) is 5.32 Å².